The molecule has 0 saturated carbocycles. The highest BCUT2D eigenvalue weighted by molar-refractivity contribution is 5.84. The lowest BCUT2D eigenvalue weighted by Crippen LogP contribution is -2.00. The van der Waals surface area contributed by atoms with Crippen molar-refractivity contribution in [3.05, 3.63) is 23.6 Å². The van der Waals surface area contributed by atoms with Crippen LogP contribution in [-0.4, -0.2) is 26.4 Å². The van der Waals surface area contributed by atoms with Crippen LogP contribution in [0.25, 0.3) is 0 Å². The van der Waals surface area contributed by atoms with E-state index in [-0.39, 0.29) is 0 Å². The number of methoxy groups -OCH3 is 2. The molecule has 0 radical (unpaired) electrons. The summed E-state index contributed by atoms with van der Waals surface area (Å²) in [6, 6.07) is 0. The third kappa shape index (κ3) is 2.18. The first-order valence-corrected chi connectivity index (χ1v) is 3.83. The standard InChI is InChI=1S/C9H11NO3/c1-12-8-5-3-4-7(6-11)9(10-8)13-2/h3-4,6H,5H2,1-2H3. The number of carbonyl (C=O) groups is 1. The second-order valence-electron chi connectivity index (χ2n) is 2.40. The van der Waals surface area contributed by atoms with Crippen molar-refractivity contribution in [1.29, 1.82) is 0 Å². The van der Waals surface area contributed by atoms with Crippen molar-refractivity contribution >= 4 is 12.2 Å². The van der Waals surface area contributed by atoms with Crippen LogP contribution in [-0.2, 0) is 14.3 Å². The van der Waals surface area contributed by atoms with Crippen molar-refractivity contribution in [3.8, 4) is 0 Å². The lowest BCUT2D eigenvalue weighted by Gasteiger charge is -2.02. The fourth-order valence-corrected chi connectivity index (χ4v) is 0.964. The van der Waals surface area contributed by atoms with E-state index in [1.54, 1.807) is 12.2 Å². The first-order valence-electron chi connectivity index (χ1n) is 3.83. The summed E-state index contributed by atoms with van der Waals surface area (Å²) in [6.45, 7) is 0. The van der Waals surface area contributed by atoms with Crippen LogP contribution in [0, 0.1) is 0 Å². The molecule has 4 nitrogen and oxygen atoms in total. The van der Waals surface area contributed by atoms with Crippen molar-refractivity contribution < 1.29 is 14.3 Å². The Morgan fingerprint density at radius 1 is 1.46 bits per heavy atom. The fourth-order valence-electron chi connectivity index (χ4n) is 0.964. The third-order valence-electron chi connectivity index (χ3n) is 1.62. The number of ether oxygens (including phenoxy) is 2. The molecule has 1 aliphatic heterocycles. The number of hydrogen-bond acceptors (Lipinski definition) is 4. The number of aldehydes is 1. The zero-order valence-electron chi connectivity index (χ0n) is 7.61. The van der Waals surface area contributed by atoms with E-state index in [2.05, 4.69) is 4.99 Å². The van der Waals surface area contributed by atoms with Crippen LogP contribution in [0.2, 0.25) is 0 Å². The molecule has 0 aromatic heterocycles. The molecule has 0 aromatic rings. The van der Waals surface area contributed by atoms with Gasteiger partial charge in [-0.05, 0) is 6.08 Å². The van der Waals surface area contributed by atoms with Gasteiger partial charge in [0.05, 0.1) is 19.8 Å². The molecule has 0 aliphatic carbocycles. The molecule has 1 rings (SSSR count). The molecule has 0 atom stereocenters. The van der Waals surface area contributed by atoms with Gasteiger partial charge in [-0.1, -0.05) is 6.08 Å². The predicted molar refractivity (Wildman–Crippen MR) is 48.3 cm³/mol. The quantitative estimate of drug-likeness (QED) is 0.598. The van der Waals surface area contributed by atoms with Crippen molar-refractivity contribution in [2.45, 2.75) is 6.42 Å². The lowest BCUT2D eigenvalue weighted by molar-refractivity contribution is -0.104. The van der Waals surface area contributed by atoms with Gasteiger partial charge in [0.2, 0.25) is 5.88 Å². The minimum absolute atomic E-state index is 0.292. The van der Waals surface area contributed by atoms with E-state index in [1.807, 2.05) is 0 Å². The summed E-state index contributed by atoms with van der Waals surface area (Å²) in [4.78, 5) is 14.6. The number of allylic oxidation sites excluding steroid dienone is 2. The van der Waals surface area contributed by atoms with Crippen LogP contribution in [0.15, 0.2) is 28.6 Å². The van der Waals surface area contributed by atoms with E-state index in [0.717, 1.165) is 0 Å². The van der Waals surface area contributed by atoms with Crippen molar-refractivity contribution in [2.24, 2.45) is 4.99 Å². The Labute approximate surface area is 76.6 Å². The first kappa shape index (κ1) is 9.51. The molecule has 0 unspecified atom stereocenters. The summed E-state index contributed by atoms with van der Waals surface area (Å²) in [7, 11) is 3.00. The highest BCUT2D eigenvalue weighted by atomic mass is 16.5. The highest BCUT2D eigenvalue weighted by Crippen LogP contribution is 2.12. The molecule has 0 aromatic carbocycles. The molecule has 0 fully saturated rings. The van der Waals surface area contributed by atoms with Crippen molar-refractivity contribution in [3.63, 3.8) is 0 Å². The molecule has 0 saturated heterocycles. The summed E-state index contributed by atoms with van der Waals surface area (Å²) in [5.74, 6) is 0.825. The molecule has 0 spiro atoms. The number of nitrogens with zero attached hydrogens (tertiary/aromatic N) is 1. The Morgan fingerprint density at radius 3 is 2.77 bits per heavy atom. The summed E-state index contributed by atoms with van der Waals surface area (Å²) in [5, 5.41) is 0. The molecule has 1 aliphatic rings. The van der Waals surface area contributed by atoms with Crippen LogP contribution in [0.3, 0.4) is 0 Å². The summed E-state index contributed by atoms with van der Waals surface area (Å²) >= 11 is 0. The Morgan fingerprint density at radius 2 is 2.23 bits per heavy atom. The monoisotopic (exact) mass is 181 g/mol. The number of aliphatic imine (C=N–C) groups is 1. The minimum Gasteiger partial charge on any atom is -0.484 e. The number of rotatable bonds is 2. The van der Waals surface area contributed by atoms with Gasteiger partial charge >= 0.3 is 0 Å². The molecule has 4 heteroatoms. The van der Waals surface area contributed by atoms with Crippen LogP contribution in [0.4, 0.5) is 0 Å². The lowest BCUT2D eigenvalue weighted by atomic mass is 10.2. The molecule has 0 N–H and O–H groups in total. The zero-order chi connectivity index (χ0) is 9.68. The van der Waals surface area contributed by atoms with Gasteiger partial charge in [-0.15, -0.1) is 0 Å². The van der Waals surface area contributed by atoms with Crippen LogP contribution < -0.4 is 0 Å². The maximum absolute atomic E-state index is 10.6. The van der Waals surface area contributed by atoms with Gasteiger partial charge in [-0.3, -0.25) is 4.79 Å². The third-order valence-corrected chi connectivity index (χ3v) is 1.62. The Kier molecular flexibility index (Phi) is 3.25. The van der Waals surface area contributed by atoms with Gasteiger partial charge in [0.25, 0.3) is 0 Å². The van der Waals surface area contributed by atoms with Crippen LogP contribution >= 0.6 is 0 Å². The minimum atomic E-state index is 0.292. The average Bonchev–Trinajstić information content (AvgIpc) is 2.38. The van der Waals surface area contributed by atoms with Gasteiger partial charge in [0, 0.05) is 6.42 Å². The molecular weight excluding hydrogens is 170 g/mol. The van der Waals surface area contributed by atoms with Gasteiger partial charge in [-0.2, -0.15) is 4.99 Å². The zero-order valence-corrected chi connectivity index (χ0v) is 7.61. The molecule has 1 heterocycles. The second-order valence-corrected chi connectivity index (χ2v) is 2.40. The maximum Gasteiger partial charge on any atom is 0.226 e. The normalized spacial score (nSPS) is 16.3. The van der Waals surface area contributed by atoms with Gasteiger partial charge in [0.1, 0.15) is 0 Å². The molecular formula is C9H11NO3. The number of hydrogen-bond donors (Lipinski definition) is 0. The number of carbonyl (C=O) groups excluding carboxylic acids is 1. The van der Waals surface area contributed by atoms with E-state index in [0.29, 0.717) is 30.1 Å². The Hall–Kier alpha value is -1.58. The maximum atomic E-state index is 10.6. The molecule has 0 amide bonds. The van der Waals surface area contributed by atoms with E-state index in [1.165, 1.54) is 14.2 Å². The van der Waals surface area contributed by atoms with Crippen molar-refractivity contribution in [1.82, 2.24) is 0 Å². The van der Waals surface area contributed by atoms with Gasteiger partial charge < -0.3 is 9.47 Å². The second kappa shape index (κ2) is 4.45. The smallest absolute Gasteiger partial charge is 0.226 e. The predicted octanol–water partition coefficient (Wildman–Crippen LogP) is 1.05. The highest BCUT2D eigenvalue weighted by Gasteiger charge is 2.08. The average molecular weight is 181 g/mol. The Bertz CT molecular complexity index is 289. The van der Waals surface area contributed by atoms with E-state index in [4.69, 9.17) is 9.47 Å². The van der Waals surface area contributed by atoms with Crippen LogP contribution in [0.5, 0.6) is 0 Å². The molecule has 13 heavy (non-hydrogen) atoms. The van der Waals surface area contributed by atoms with Crippen molar-refractivity contribution in [2.75, 3.05) is 14.2 Å². The molecule has 0 bridgehead atoms. The fraction of sp³-hybridized carbons (Fsp3) is 0.333. The topological polar surface area (TPSA) is 47.9 Å². The summed E-state index contributed by atoms with van der Waals surface area (Å²) < 4.78 is 9.90. The SMILES string of the molecule is COC1=NC(OC)=C(C=O)C=CC1. The van der Waals surface area contributed by atoms with E-state index >= 15 is 0 Å². The van der Waals surface area contributed by atoms with E-state index < -0.39 is 0 Å². The van der Waals surface area contributed by atoms with Gasteiger partial charge in [0.15, 0.2) is 12.2 Å². The molecule has 70 valence electrons. The van der Waals surface area contributed by atoms with Gasteiger partial charge in [-0.25, -0.2) is 0 Å². The largest absolute Gasteiger partial charge is 0.484 e. The summed E-state index contributed by atoms with van der Waals surface area (Å²) in [5.41, 5.74) is 0.426. The Balaban J connectivity index is 3.05. The summed E-state index contributed by atoms with van der Waals surface area (Å²) in [6.07, 6.45) is 4.75. The van der Waals surface area contributed by atoms with Crippen LogP contribution in [0.1, 0.15) is 6.42 Å². The first-order chi connectivity index (χ1) is 6.31. The van der Waals surface area contributed by atoms with E-state index in [9.17, 15) is 4.79 Å².